The molecule has 8 heteroatoms. The number of nitrogens with two attached hydrogens (primary N) is 2. The van der Waals surface area contributed by atoms with Crippen LogP contribution in [0.4, 0.5) is 23.1 Å². The molecular formula is C16H20N8. The second-order valence-corrected chi connectivity index (χ2v) is 5.94. The number of hydrazine groups is 1. The predicted molar refractivity (Wildman–Crippen MR) is 95.2 cm³/mol. The van der Waals surface area contributed by atoms with Crippen molar-refractivity contribution < 1.29 is 0 Å². The maximum Gasteiger partial charge on any atom is 0.227 e. The Morgan fingerprint density at radius 1 is 1.12 bits per heavy atom. The number of hydrogen-bond donors (Lipinski definition) is 3. The Hall–Kier alpha value is -2.87. The van der Waals surface area contributed by atoms with Crippen LogP contribution in [0, 0.1) is 0 Å². The summed E-state index contributed by atoms with van der Waals surface area (Å²) in [5.41, 5.74) is 2.30. The number of aromatic nitrogens is 2. The molecule has 3 heterocycles. The molecule has 5 N–H and O–H groups in total. The Labute approximate surface area is 140 Å². The second-order valence-electron chi connectivity index (χ2n) is 5.94. The van der Waals surface area contributed by atoms with Crippen molar-refractivity contribution in [1.82, 2.24) is 9.97 Å². The fraction of sp³-hybridized carbons (Fsp3) is 0.312. The molecule has 2 aromatic rings. The van der Waals surface area contributed by atoms with Gasteiger partial charge in [-0.2, -0.15) is 10.1 Å². The molecule has 8 nitrogen and oxygen atoms in total. The van der Waals surface area contributed by atoms with Crippen LogP contribution in [0.3, 0.4) is 0 Å². The van der Waals surface area contributed by atoms with Crippen LogP contribution >= 0.6 is 0 Å². The average Bonchev–Trinajstić information content (AvgIpc) is 2.75. The van der Waals surface area contributed by atoms with Crippen LogP contribution in [-0.2, 0) is 0 Å². The molecule has 1 aromatic heterocycles. The first-order valence-electron chi connectivity index (χ1n) is 8.09. The van der Waals surface area contributed by atoms with Crippen molar-refractivity contribution in [2.24, 2.45) is 16.8 Å². The van der Waals surface area contributed by atoms with E-state index in [1.54, 1.807) is 6.20 Å². The number of hydrazone groups is 1. The number of nitrogens with one attached hydrogen (secondary N) is 1. The highest BCUT2D eigenvalue weighted by atomic mass is 15.5. The van der Waals surface area contributed by atoms with Crippen molar-refractivity contribution in [3.05, 3.63) is 36.0 Å². The zero-order chi connectivity index (χ0) is 16.5. The van der Waals surface area contributed by atoms with Gasteiger partial charge in [0.1, 0.15) is 5.82 Å². The standard InChI is InChI=1S/C16H20N8/c17-22-15-11-10-19-16(23-8-4-1-5-9-23)21-14(11)20-12-6-2-3-7-13(12)24(15)18/h2-3,6-7,10H,1,4-5,8-9,17-18H2,(H,19,20,21)/b22-15-. The molecule has 0 aliphatic carbocycles. The fourth-order valence-electron chi connectivity index (χ4n) is 3.17. The first-order valence-corrected chi connectivity index (χ1v) is 8.09. The van der Waals surface area contributed by atoms with E-state index in [4.69, 9.17) is 16.7 Å². The van der Waals surface area contributed by atoms with Crippen molar-refractivity contribution in [3.8, 4) is 0 Å². The molecule has 1 aromatic carbocycles. The van der Waals surface area contributed by atoms with Gasteiger partial charge in [0.05, 0.1) is 16.9 Å². The number of nitrogens with zero attached hydrogens (tertiary/aromatic N) is 5. The lowest BCUT2D eigenvalue weighted by Gasteiger charge is -2.27. The number of rotatable bonds is 1. The molecule has 0 saturated carbocycles. The second kappa shape index (κ2) is 5.97. The summed E-state index contributed by atoms with van der Waals surface area (Å²) in [6.45, 7) is 1.96. The van der Waals surface area contributed by atoms with Gasteiger partial charge in [-0.05, 0) is 31.4 Å². The van der Waals surface area contributed by atoms with E-state index in [-0.39, 0.29) is 0 Å². The minimum Gasteiger partial charge on any atom is -0.341 e. The predicted octanol–water partition coefficient (Wildman–Crippen LogP) is 1.52. The smallest absolute Gasteiger partial charge is 0.227 e. The molecule has 24 heavy (non-hydrogen) atoms. The van der Waals surface area contributed by atoms with E-state index in [9.17, 15) is 0 Å². The first-order chi connectivity index (χ1) is 11.8. The van der Waals surface area contributed by atoms with Crippen molar-refractivity contribution in [2.75, 3.05) is 28.3 Å². The van der Waals surface area contributed by atoms with Gasteiger partial charge in [-0.1, -0.05) is 12.1 Å². The van der Waals surface area contributed by atoms with Crippen LogP contribution in [0.2, 0.25) is 0 Å². The van der Waals surface area contributed by atoms with Gasteiger partial charge < -0.3 is 16.1 Å². The summed E-state index contributed by atoms with van der Waals surface area (Å²) >= 11 is 0. The average molecular weight is 324 g/mol. The Morgan fingerprint density at radius 2 is 1.92 bits per heavy atom. The summed E-state index contributed by atoms with van der Waals surface area (Å²) in [5.74, 6) is 13.6. The summed E-state index contributed by atoms with van der Waals surface area (Å²) in [6.07, 6.45) is 5.33. The van der Waals surface area contributed by atoms with Gasteiger partial charge in [0.25, 0.3) is 0 Å². The fourth-order valence-corrected chi connectivity index (χ4v) is 3.17. The number of benzene rings is 1. The number of amidine groups is 1. The molecule has 1 fully saturated rings. The van der Waals surface area contributed by atoms with E-state index in [1.807, 2.05) is 24.3 Å². The third kappa shape index (κ3) is 2.41. The van der Waals surface area contributed by atoms with E-state index in [0.29, 0.717) is 17.2 Å². The maximum atomic E-state index is 6.21. The third-order valence-electron chi connectivity index (χ3n) is 4.42. The van der Waals surface area contributed by atoms with E-state index in [0.717, 1.165) is 30.4 Å². The van der Waals surface area contributed by atoms with Crippen LogP contribution in [-0.4, -0.2) is 28.9 Å². The maximum absolute atomic E-state index is 6.21. The SMILES string of the molecule is N/N=C1/c2cnc(N3CCCCC3)nc2Nc2ccccc2N1N. The molecule has 0 radical (unpaired) electrons. The highest BCUT2D eigenvalue weighted by Crippen LogP contribution is 2.33. The minimum absolute atomic E-state index is 0.424. The quantitative estimate of drug-likeness (QED) is 0.539. The molecule has 0 bridgehead atoms. The van der Waals surface area contributed by atoms with Crippen LogP contribution in [0.15, 0.2) is 35.6 Å². The normalized spacial score (nSPS) is 18.6. The Balaban J connectivity index is 1.80. The molecule has 1 saturated heterocycles. The summed E-state index contributed by atoms with van der Waals surface area (Å²) in [5, 5.41) is 8.65. The first kappa shape index (κ1) is 14.7. The molecule has 0 spiro atoms. The molecule has 0 atom stereocenters. The van der Waals surface area contributed by atoms with Gasteiger partial charge >= 0.3 is 0 Å². The summed E-state index contributed by atoms with van der Waals surface area (Å²) in [4.78, 5) is 11.4. The molecule has 0 unspecified atom stereocenters. The summed E-state index contributed by atoms with van der Waals surface area (Å²) in [6, 6.07) is 7.70. The minimum atomic E-state index is 0.424. The zero-order valence-electron chi connectivity index (χ0n) is 13.3. The molecule has 124 valence electrons. The van der Waals surface area contributed by atoms with Crippen LogP contribution in [0.25, 0.3) is 0 Å². The lowest BCUT2D eigenvalue weighted by atomic mass is 10.1. The van der Waals surface area contributed by atoms with E-state index < -0.39 is 0 Å². The monoisotopic (exact) mass is 324 g/mol. The van der Waals surface area contributed by atoms with Gasteiger partial charge in [-0.25, -0.2) is 10.8 Å². The molecule has 2 aliphatic rings. The van der Waals surface area contributed by atoms with Crippen molar-refractivity contribution in [3.63, 3.8) is 0 Å². The number of piperidine rings is 1. The topological polar surface area (TPSA) is 109 Å². The molecule has 0 amide bonds. The van der Waals surface area contributed by atoms with E-state index >= 15 is 0 Å². The van der Waals surface area contributed by atoms with Crippen LogP contribution < -0.4 is 26.9 Å². The summed E-state index contributed by atoms with van der Waals surface area (Å²) < 4.78 is 0. The van der Waals surface area contributed by atoms with E-state index in [2.05, 4.69) is 20.3 Å². The van der Waals surface area contributed by atoms with Gasteiger partial charge in [-0.15, -0.1) is 0 Å². The molecule has 2 aliphatic heterocycles. The van der Waals surface area contributed by atoms with Gasteiger partial charge in [0.2, 0.25) is 5.95 Å². The number of fused-ring (bicyclic) bond motifs is 2. The van der Waals surface area contributed by atoms with Gasteiger partial charge in [0.15, 0.2) is 5.84 Å². The Kier molecular flexibility index (Phi) is 3.66. The number of anilines is 4. The number of para-hydroxylation sites is 2. The lowest BCUT2D eigenvalue weighted by Crippen LogP contribution is -2.38. The Bertz CT molecular complexity index is 781. The largest absolute Gasteiger partial charge is 0.341 e. The highest BCUT2D eigenvalue weighted by Gasteiger charge is 2.26. The van der Waals surface area contributed by atoms with Crippen LogP contribution in [0.1, 0.15) is 24.8 Å². The van der Waals surface area contributed by atoms with E-state index in [1.165, 1.54) is 24.3 Å². The highest BCUT2D eigenvalue weighted by molar-refractivity contribution is 6.15. The van der Waals surface area contributed by atoms with Crippen molar-refractivity contribution >= 4 is 29.0 Å². The van der Waals surface area contributed by atoms with Gasteiger partial charge in [0, 0.05) is 19.3 Å². The van der Waals surface area contributed by atoms with Gasteiger partial charge in [-0.3, -0.25) is 5.01 Å². The summed E-state index contributed by atoms with van der Waals surface area (Å²) in [7, 11) is 0. The Morgan fingerprint density at radius 3 is 2.71 bits per heavy atom. The zero-order valence-corrected chi connectivity index (χ0v) is 13.3. The third-order valence-corrected chi connectivity index (χ3v) is 4.42. The number of hydrogen-bond acceptors (Lipinski definition) is 7. The van der Waals surface area contributed by atoms with Crippen molar-refractivity contribution in [2.45, 2.75) is 19.3 Å². The van der Waals surface area contributed by atoms with Crippen molar-refractivity contribution in [1.29, 1.82) is 0 Å². The molecular weight excluding hydrogens is 304 g/mol. The van der Waals surface area contributed by atoms with Crippen LogP contribution in [0.5, 0.6) is 0 Å². The lowest BCUT2D eigenvalue weighted by molar-refractivity contribution is 0.568. The molecule has 4 rings (SSSR count).